The van der Waals surface area contributed by atoms with Crippen LogP contribution in [0.3, 0.4) is 0 Å². The van der Waals surface area contributed by atoms with Crippen LogP contribution in [0.5, 0.6) is 0 Å². The predicted octanol–water partition coefficient (Wildman–Crippen LogP) is 1.39. The minimum Gasteiger partial charge on any atom is -0.147 e. The third-order valence-electron chi connectivity index (χ3n) is 0. The molecule has 2 heteroatoms. The van der Waals surface area contributed by atoms with Crippen molar-refractivity contribution in [3.63, 3.8) is 0 Å². The molecule has 0 aromatic carbocycles. The average molecular weight is 131 g/mol. The molecule has 0 nitrogen and oxygen atoms in total. The molecule has 0 saturated heterocycles. The van der Waals surface area contributed by atoms with Gasteiger partial charge in [0.2, 0.25) is 0 Å². The van der Waals surface area contributed by atoms with Gasteiger partial charge in [0.15, 0.2) is 0 Å². The van der Waals surface area contributed by atoms with Crippen molar-refractivity contribution in [2.75, 3.05) is 0 Å². The molecule has 0 aliphatic rings. The summed E-state index contributed by atoms with van der Waals surface area (Å²) < 4.78 is 0. The average Bonchev–Trinajstić information content (AvgIpc) is 0.918. The maximum Gasteiger partial charge on any atom is -0.147 e. The summed E-state index contributed by atoms with van der Waals surface area (Å²) in [6, 6.07) is 0. The van der Waals surface area contributed by atoms with E-state index in [-0.39, 0.29) is 12.4 Å². The predicted molar refractivity (Wildman–Crippen MR) is 17.7 cm³/mol. The van der Waals surface area contributed by atoms with Crippen LogP contribution in [0.4, 0.5) is 0 Å². The van der Waals surface area contributed by atoms with Gasteiger partial charge in [-0.1, -0.05) is 0 Å². The smallest absolute Gasteiger partial charge is 0.147 e. The van der Waals surface area contributed by atoms with E-state index >= 15 is 0 Å². The summed E-state index contributed by atoms with van der Waals surface area (Å²) in [5.74, 6) is 0. The molecule has 4 heavy (non-hydrogen) atoms. The zero-order chi connectivity index (χ0) is 2.71. The Hall–Kier alpha value is 0.913. The molecule has 0 amide bonds. The SMILES string of the molecule is C[CH2][Zn].Cl. The molecule has 0 atom stereocenters. The molecule has 0 heterocycles. The largest absolute Gasteiger partial charge is 0.147 e. The van der Waals surface area contributed by atoms with Crippen LogP contribution in [0.2, 0.25) is 5.02 Å². The first kappa shape index (κ1) is 8.87. The quantitative estimate of drug-likeness (QED) is 0.435. The first-order chi connectivity index (χ1) is 1.41. The molecule has 0 aromatic rings. The molecule has 0 aliphatic carbocycles. The van der Waals surface area contributed by atoms with E-state index in [0.717, 1.165) is 0 Å². The van der Waals surface area contributed by atoms with Crippen molar-refractivity contribution in [2.24, 2.45) is 0 Å². The normalized spacial score (nSPS) is 4.75. The van der Waals surface area contributed by atoms with Crippen LogP contribution in [-0.4, -0.2) is 0 Å². The Morgan fingerprint density at radius 3 is 1.75 bits per heavy atom. The van der Waals surface area contributed by atoms with Crippen LogP contribution < -0.4 is 0 Å². The van der Waals surface area contributed by atoms with Crippen molar-refractivity contribution in [1.82, 2.24) is 0 Å². The molecular weight excluding hydrogens is 125 g/mol. The number of hydrogen-bond acceptors (Lipinski definition) is 0. The third kappa shape index (κ3) is 12.8. The van der Waals surface area contributed by atoms with E-state index in [1.165, 1.54) is 23.3 Å². The zero-order valence-corrected chi connectivity index (χ0v) is 6.61. The van der Waals surface area contributed by atoms with Gasteiger partial charge in [0.25, 0.3) is 0 Å². The van der Waals surface area contributed by atoms with Gasteiger partial charge in [0.05, 0.1) is 0 Å². The van der Waals surface area contributed by atoms with Crippen LogP contribution in [0.25, 0.3) is 0 Å². The molecule has 0 saturated carbocycles. The molecule has 0 rings (SSSR count). The van der Waals surface area contributed by atoms with Crippen molar-refractivity contribution in [1.29, 1.82) is 0 Å². The van der Waals surface area contributed by atoms with E-state index in [0.29, 0.717) is 0 Å². The Labute approximate surface area is 43.1 Å². The number of hydrogen-bond donors (Lipinski definition) is 0. The summed E-state index contributed by atoms with van der Waals surface area (Å²) in [6.45, 7) is 2.18. The topological polar surface area (TPSA) is 0 Å². The van der Waals surface area contributed by atoms with Crippen molar-refractivity contribution in [3.05, 3.63) is 0 Å². The molecular formula is C2H6ClZn. The van der Waals surface area contributed by atoms with Gasteiger partial charge in [-0.3, -0.25) is 0 Å². The number of rotatable bonds is 0. The summed E-state index contributed by atoms with van der Waals surface area (Å²) in [4.78, 5) is 0. The summed E-state index contributed by atoms with van der Waals surface area (Å²) >= 11 is 1.44. The van der Waals surface area contributed by atoms with Gasteiger partial charge < -0.3 is 0 Å². The molecule has 0 bridgehead atoms. The Bertz CT molecular complexity index is 6.00. The second-order valence-electron chi connectivity index (χ2n) is 0.500. The minimum absolute atomic E-state index is 0. The van der Waals surface area contributed by atoms with Gasteiger partial charge in [-0.05, 0) is 0 Å². The van der Waals surface area contributed by atoms with Gasteiger partial charge in [0.1, 0.15) is 0 Å². The Balaban J connectivity index is 0. The molecule has 0 radical (unpaired) electrons. The first-order valence-corrected chi connectivity index (χ1v) is 3.31. The van der Waals surface area contributed by atoms with Crippen molar-refractivity contribution < 1.29 is 18.3 Å². The Morgan fingerprint density at radius 1 is 1.75 bits per heavy atom. The van der Waals surface area contributed by atoms with E-state index in [4.69, 9.17) is 0 Å². The molecule has 0 aliphatic heterocycles. The van der Waals surface area contributed by atoms with Crippen molar-refractivity contribution in [3.8, 4) is 0 Å². The Morgan fingerprint density at radius 2 is 1.75 bits per heavy atom. The maximum atomic E-state index is 2.18. The minimum atomic E-state index is 0. The molecule has 0 unspecified atom stereocenters. The van der Waals surface area contributed by atoms with Gasteiger partial charge >= 0.3 is 30.2 Å². The van der Waals surface area contributed by atoms with Gasteiger partial charge in [0, 0.05) is 0 Å². The molecule has 0 fully saturated rings. The summed E-state index contributed by atoms with van der Waals surface area (Å²) in [6.07, 6.45) is 0. The second kappa shape index (κ2) is 9.07. The van der Waals surface area contributed by atoms with Gasteiger partial charge in [-0.2, -0.15) is 0 Å². The fraction of sp³-hybridized carbons (Fsp3) is 1.00. The molecule has 0 aromatic heterocycles. The molecule has 0 spiro atoms. The van der Waals surface area contributed by atoms with Gasteiger partial charge in [-0.15, -0.1) is 12.4 Å². The van der Waals surface area contributed by atoms with Crippen LogP contribution in [0.1, 0.15) is 6.92 Å². The summed E-state index contributed by atoms with van der Waals surface area (Å²) in [7, 11) is 0. The molecule has 23 valence electrons. The monoisotopic (exact) mass is 129 g/mol. The van der Waals surface area contributed by atoms with Crippen molar-refractivity contribution in [2.45, 2.75) is 11.9 Å². The maximum absolute atomic E-state index is 2.18. The summed E-state index contributed by atoms with van der Waals surface area (Å²) in [5.41, 5.74) is 0. The fourth-order valence-electron chi connectivity index (χ4n) is 0. The van der Waals surface area contributed by atoms with Crippen LogP contribution >= 0.6 is 12.4 Å². The van der Waals surface area contributed by atoms with Crippen LogP contribution in [0.15, 0.2) is 0 Å². The van der Waals surface area contributed by atoms with E-state index in [9.17, 15) is 0 Å². The van der Waals surface area contributed by atoms with Crippen LogP contribution in [-0.2, 0) is 18.3 Å². The van der Waals surface area contributed by atoms with E-state index in [1.807, 2.05) is 0 Å². The fourth-order valence-corrected chi connectivity index (χ4v) is 0. The summed E-state index contributed by atoms with van der Waals surface area (Å²) in [5, 5.41) is 1.38. The second-order valence-corrected chi connectivity index (χ2v) is 2.60. The van der Waals surface area contributed by atoms with Gasteiger partial charge in [-0.25, -0.2) is 0 Å². The van der Waals surface area contributed by atoms with E-state index in [2.05, 4.69) is 6.92 Å². The zero-order valence-electron chi connectivity index (χ0n) is 2.82. The third-order valence-corrected chi connectivity index (χ3v) is 0. The van der Waals surface area contributed by atoms with Crippen LogP contribution in [0, 0.1) is 0 Å². The number of halogens is 1. The first-order valence-electron chi connectivity index (χ1n) is 1.21. The van der Waals surface area contributed by atoms with E-state index < -0.39 is 0 Å². The Kier molecular flexibility index (Phi) is 20.1. The standard InChI is InChI=1S/C2H5.ClH.Zn/c1-2;;/h1H2,2H3;1H;. The molecule has 0 N–H and O–H groups in total. The van der Waals surface area contributed by atoms with E-state index in [1.54, 1.807) is 0 Å². The van der Waals surface area contributed by atoms with Crippen molar-refractivity contribution >= 4 is 12.4 Å².